The first-order valence-electron chi connectivity index (χ1n) is 8.20. The highest BCUT2D eigenvalue weighted by Crippen LogP contribution is 2.32. The van der Waals surface area contributed by atoms with Gasteiger partial charge in [0.05, 0.1) is 18.7 Å². The molecule has 0 bridgehead atoms. The molecule has 2 aromatic carbocycles. The highest BCUT2D eigenvalue weighted by molar-refractivity contribution is 5.81. The molecule has 1 atom stereocenters. The number of aromatic amines is 1. The molecular weight excluding hydrogens is 330 g/mol. The number of hydrogen-bond acceptors (Lipinski definition) is 3. The van der Waals surface area contributed by atoms with Crippen LogP contribution in [-0.2, 0) is 9.59 Å². The summed E-state index contributed by atoms with van der Waals surface area (Å²) in [6, 6.07) is 14.2. The number of anilines is 1. The predicted molar refractivity (Wildman–Crippen MR) is 98.7 cm³/mol. The zero-order chi connectivity index (χ0) is 18.5. The van der Waals surface area contributed by atoms with Gasteiger partial charge in [-0.3, -0.25) is 14.7 Å². The van der Waals surface area contributed by atoms with Crippen LogP contribution < -0.4 is 4.90 Å². The van der Waals surface area contributed by atoms with Crippen molar-refractivity contribution in [2.45, 2.75) is 19.4 Å². The smallest absolute Gasteiger partial charge is 0.305 e. The van der Waals surface area contributed by atoms with E-state index in [1.54, 1.807) is 12.4 Å². The average Bonchev–Trinajstić information content (AvgIpc) is 3.16. The standard InChI is InChI=1S/C20H19N3O3/c1-14-9-17(7-8-18(14)16-11-21-22-12-16)23(13-24)19(10-20(25)26)15-5-3-2-4-6-15/h2-9,11-13,19H,10H2,1H3,(H,21,22)(H,25,26)/t19-/m1/s1. The molecule has 6 heteroatoms. The van der Waals surface area contributed by atoms with E-state index in [9.17, 15) is 14.7 Å². The number of nitrogens with one attached hydrogen (secondary N) is 1. The lowest BCUT2D eigenvalue weighted by molar-refractivity contribution is -0.137. The number of carboxylic acid groups (broad SMARTS) is 1. The summed E-state index contributed by atoms with van der Waals surface area (Å²) in [4.78, 5) is 24.7. The van der Waals surface area contributed by atoms with E-state index in [4.69, 9.17) is 0 Å². The molecule has 3 aromatic rings. The molecule has 6 nitrogen and oxygen atoms in total. The summed E-state index contributed by atoms with van der Waals surface area (Å²) in [7, 11) is 0. The average molecular weight is 349 g/mol. The molecular formula is C20H19N3O3. The van der Waals surface area contributed by atoms with Crippen molar-refractivity contribution >= 4 is 18.1 Å². The fraction of sp³-hybridized carbons (Fsp3) is 0.150. The zero-order valence-corrected chi connectivity index (χ0v) is 14.3. The Balaban J connectivity index is 1.99. The number of aryl methyl sites for hydroxylation is 1. The van der Waals surface area contributed by atoms with E-state index in [0.29, 0.717) is 12.1 Å². The van der Waals surface area contributed by atoms with Crippen molar-refractivity contribution in [3.05, 3.63) is 72.1 Å². The summed E-state index contributed by atoms with van der Waals surface area (Å²) < 4.78 is 0. The van der Waals surface area contributed by atoms with Crippen molar-refractivity contribution in [2.75, 3.05) is 4.90 Å². The second-order valence-electron chi connectivity index (χ2n) is 6.02. The van der Waals surface area contributed by atoms with Crippen molar-refractivity contribution in [2.24, 2.45) is 0 Å². The fourth-order valence-corrected chi connectivity index (χ4v) is 3.06. The van der Waals surface area contributed by atoms with Gasteiger partial charge in [-0.2, -0.15) is 5.10 Å². The van der Waals surface area contributed by atoms with Gasteiger partial charge in [0.1, 0.15) is 0 Å². The Morgan fingerprint density at radius 3 is 2.62 bits per heavy atom. The van der Waals surface area contributed by atoms with Crippen LogP contribution in [0, 0.1) is 6.92 Å². The summed E-state index contributed by atoms with van der Waals surface area (Å²) in [5, 5.41) is 16.0. The topological polar surface area (TPSA) is 86.3 Å². The molecule has 26 heavy (non-hydrogen) atoms. The fourth-order valence-electron chi connectivity index (χ4n) is 3.06. The van der Waals surface area contributed by atoms with Crippen LogP contribution in [0.5, 0.6) is 0 Å². The number of aromatic nitrogens is 2. The normalized spacial score (nSPS) is 11.7. The maximum atomic E-state index is 11.8. The number of rotatable bonds is 7. The number of carbonyl (C=O) groups excluding carboxylic acids is 1. The third-order valence-electron chi connectivity index (χ3n) is 4.32. The lowest BCUT2D eigenvalue weighted by Gasteiger charge is -2.28. The molecule has 0 aliphatic rings. The number of benzene rings is 2. The van der Waals surface area contributed by atoms with E-state index in [2.05, 4.69) is 10.2 Å². The van der Waals surface area contributed by atoms with Gasteiger partial charge in [0.25, 0.3) is 0 Å². The maximum absolute atomic E-state index is 11.8. The Bertz CT molecular complexity index is 892. The SMILES string of the molecule is Cc1cc(N(C=O)[C@H](CC(=O)O)c2ccccc2)ccc1-c1cn[nH]c1. The minimum Gasteiger partial charge on any atom is -0.481 e. The summed E-state index contributed by atoms with van der Waals surface area (Å²) >= 11 is 0. The first-order valence-corrected chi connectivity index (χ1v) is 8.20. The monoisotopic (exact) mass is 349 g/mol. The van der Waals surface area contributed by atoms with Gasteiger partial charge in [0, 0.05) is 17.4 Å². The first-order chi connectivity index (χ1) is 12.6. The molecule has 0 spiro atoms. The molecule has 132 valence electrons. The Morgan fingerprint density at radius 1 is 1.27 bits per heavy atom. The Kier molecular flexibility index (Phi) is 5.12. The molecule has 2 N–H and O–H groups in total. The largest absolute Gasteiger partial charge is 0.481 e. The minimum absolute atomic E-state index is 0.175. The molecule has 0 saturated heterocycles. The van der Waals surface area contributed by atoms with Gasteiger partial charge in [-0.25, -0.2) is 0 Å². The predicted octanol–water partition coefficient (Wildman–Crippen LogP) is 3.56. The first kappa shape index (κ1) is 17.4. The number of aliphatic carboxylic acids is 1. The molecule has 3 rings (SSSR count). The lowest BCUT2D eigenvalue weighted by atomic mass is 9.99. The highest BCUT2D eigenvalue weighted by atomic mass is 16.4. The van der Waals surface area contributed by atoms with Gasteiger partial charge >= 0.3 is 5.97 Å². The molecule has 0 radical (unpaired) electrons. The van der Waals surface area contributed by atoms with Gasteiger partial charge in [-0.15, -0.1) is 0 Å². The second-order valence-corrected chi connectivity index (χ2v) is 6.02. The Labute approximate surface area is 151 Å². The number of nitrogens with zero attached hydrogens (tertiary/aromatic N) is 2. The summed E-state index contributed by atoms with van der Waals surface area (Å²) in [5.74, 6) is -0.961. The van der Waals surface area contributed by atoms with Crippen molar-refractivity contribution in [3.63, 3.8) is 0 Å². The summed E-state index contributed by atoms with van der Waals surface area (Å²) in [6.07, 6.45) is 4.05. The van der Waals surface area contributed by atoms with E-state index in [1.165, 1.54) is 4.90 Å². The molecule has 0 unspecified atom stereocenters. The third-order valence-corrected chi connectivity index (χ3v) is 4.32. The number of hydrogen-bond donors (Lipinski definition) is 2. The summed E-state index contributed by atoms with van der Waals surface area (Å²) in [6.45, 7) is 1.95. The van der Waals surface area contributed by atoms with Crippen LogP contribution in [0.1, 0.15) is 23.6 Å². The van der Waals surface area contributed by atoms with Crippen LogP contribution in [0.15, 0.2) is 60.9 Å². The van der Waals surface area contributed by atoms with Crippen LogP contribution in [0.4, 0.5) is 5.69 Å². The van der Waals surface area contributed by atoms with Crippen LogP contribution in [-0.4, -0.2) is 27.7 Å². The molecule has 1 aromatic heterocycles. The van der Waals surface area contributed by atoms with Crippen LogP contribution in [0.2, 0.25) is 0 Å². The molecule has 0 saturated carbocycles. The Morgan fingerprint density at radius 2 is 2.04 bits per heavy atom. The lowest BCUT2D eigenvalue weighted by Crippen LogP contribution is -2.29. The van der Waals surface area contributed by atoms with E-state index < -0.39 is 12.0 Å². The van der Waals surface area contributed by atoms with Crippen LogP contribution in [0.25, 0.3) is 11.1 Å². The van der Waals surface area contributed by atoms with Crippen molar-refractivity contribution in [3.8, 4) is 11.1 Å². The van der Waals surface area contributed by atoms with Crippen molar-refractivity contribution < 1.29 is 14.7 Å². The van der Waals surface area contributed by atoms with E-state index in [1.807, 2.05) is 55.5 Å². The number of carboxylic acids is 1. The number of H-pyrrole nitrogens is 1. The highest BCUT2D eigenvalue weighted by Gasteiger charge is 2.24. The van der Waals surface area contributed by atoms with Crippen LogP contribution >= 0.6 is 0 Å². The molecule has 1 amide bonds. The van der Waals surface area contributed by atoms with Crippen molar-refractivity contribution in [1.82, 2.24) is 10.2 Å². The Hall–Kier alpha value is -3.41. The van der Waals surface area contributed by atoms with Gasteiger partial charge in [0.2, 0.25) is 6.41 Å². The third kappa shape index (κ3) is 3.64. The molecule has 0 aliphatic heterocycles. The second kappa shape index (κ2) is 7.65. The minimum atomic E-state index is -0.961. The van der Waals surface area contributed by atoms with Gasteiger partial charge in [-0.1, -0.05) is 36.4 Å². The van der Waals surface area contributed by atoms with Gasteiger partial charge < -0.3 is 10.0 Å². The van der Waals surface area contributed by atoms with E-state index in [0.717, 1.165) is 22.3 Å². The summed E-state index contributed by atoms with van der Waals surface area (Å²) in [5.41, 5.74) is 4.36. The van der Waals surface area contributed by atoms with Gasteiger partial charge in [0.15, 0.2) is 0 Å². The maximum Gasteiger partial charge on any atom is 0.305 e. The van der Waals surface area contributed by atoms with E-state index in [-0.39, 0.29) is 6.42 Å². The van der Waals surface area contributed by atoms with Gasteiger partial charge in [-0.05, 0) is 35.7 Å². The number of amides is 1. The van der Waals surface area contributed by atoms with E-state index >= 15 is 0 Å². The zero-order valence-electron chi connectivity index (χ0n) is 14.3. The van der Waals surface area contributed by atoms with Crippen LogP contribution in [0.3, 0.4) is 0 Å². The molecule has 0 aliphatic carbocycles. The molecule has 1 heterocycles. The quantitative estimate of drug-likeness (QED) is 0.639. The number of carbonyl (C=O) groups is 2. The molecule has 0 fully saturated rings. The van der Waals surface area contributed by atoms with Crippen molar-refractivity contribution in [1.29, 1.82) is 0 Å².